The summed E-state index contributed by atoms with van der Waals surface area (Å²) in [6, 6.07) is 6.91. The first-order valence-electron chi connectivity index (χ1n) is 7.87. The molecule has 0 saturated carbocycles. The Hall–Kier alpha value is -2.56. The Labute approximate surface area is 141 Å². The van der Waals surface area contributed by atoms with E-state index in [0.29, 0.717) is 16.7 Å². The van der Waals surface area contributed by atoms with Crippen molar-refractivity contribution in [1.82, 2.24) is 5.32 Å². The average molecular weight is 331 g/mol. The van der Waals surface area contributed by atoms with Crippen LogP contribution in [-0.2, 0) is 0 Å². The Morgan fingerprint density at radius 1 is 1.04 bits per heavy atom. The van der Waals surface area contributed by atoms with Crippen molar-refractivity contribution in [3.8, 4) is 22.6 Å². The van der Waals surface area contributed by atoms with Crippen molar-refractivity contribution in [2.75, 3.05) is 0 Å². The summed E-state index contributed by atoms with van der Waals surface area (Å²) in [7, 11) is 0. The second kappa shape index (κ2) is 6.91. The molecule has 0 aliphatic carbocycles. The van der Waals surface area contributed by atoms with Gasteiger partial charge >= 0.3 is 0 Å². The molecule has 0 aliphatic heterocycles. The summed E-state index contributed by atoms with van der Waals surface area (Å²) < 4.78 is 14.0. The summed E-state index contributed by atoms with van der Waals surface area (Å²) in [6.45, 7) is 7.42. The molecule has 0 fully saturated rings. The molecule has 24 heavy (non-hydrogen) atoms. The maximum atomic E-state index is 14.0. The van der Waals surface area contributed by atoms with E-state index < -0.39 is 11.7 Å². The van der Waals surface area contributed by atoms with E-state index in [1.807, 2.05) is 13.8 Å². The molecular formula is C19H22FNO3. The quantitative estimate of drug-likeness (QED) is 0.788. The predicted octanol–water partition coefficient (Wildman–Crippen LogP) is 4.17. The van der Waals surface area contributed by atoms with Gasteiger partial charge in [0.15, 0.2) is 0 Å². The van der Waals surface area contributed by atoms with E-state index in [2.05, 4.69) is 5.32 Å². The normalized spacial score (nSPS) is 11.1. The van der Waals surface area contributed by atoms with Crippen LogP contribution in [0.2, 0.25) is 0 Å². The highest BCUT2D eigenvalue weighted by Gasteiger charge is 2.17. The highest BCUT2D eigenvalue weighted by atomic mass is 19.1. The molecule has 4 nitrogen and oxygen atoms in total. The van der Waals surface area contributed by atoms with E-state index in [1.54, 1.807) is 19.9 Å². The fourth-order valence-corrected chi connectivity index (χ4v) is 2.49. The molecular weight excluding hydrogens is 309 g/mol. The average Bonchev–Trinajstić information content (AvgIpc) is 2.47. The van der Waals surface area contributed by atoms with Crippen molar-refractivity contribution < 1.29 is 19.4 Å². The lowest BCUT2D eigenvalue weighted by atomic mass is 9.94. The van der Waals surface area contributed by atoms with Crippen molar-refractivity contribution in [3.63, 3.8) is 0 Å². The van der Waals surface area contributed by atoms with Crippen molar-refractivity contribution in [1.29, 1.82) is 0 Å². The summed E-state index contributed by atoms with van der Waals surface area (Å²) in [5, 5.41) is 22.7. The monoisotopic (exact) mass is 331 g/mol. The summed E-state index contributed by atoms with van der Waals surface area (Å²) in [6.07, 6.45) is 0. The van der Waals surface area contributed by atoms with Gasteiger partial charge in [0.1, 0.15) is 17.3 Å². The number of hydrogen-bond donors (Lipinski definition) is 3. The summed E-state index contributed by atoms with van der Waals surface area (Å²) in [5.74, 6) is -1.20. The lowest BCUT2D eigenvalue weighted by Gasteiger charge is -2.14. The number of amides is 1. The second-order valence-corrected chi connectivity index (χ2v) is 6.41. The third-order valence-electron chi connectivity index (χ3n) is 3.71. The topological polar surface area (TPSA) is 69.6 Å². The molecule has 0 aliphatic rings. The largest absolute Gasteiger partial charge is 0.508 e. The van der Waals surface area contributed by atoms with Gasteiger partial charge in [0, 0.05) is 17.7 Å². The maximum Gasteiger partial charge on any atom is 0.254 e. The standard InChI is InChI=1S/C19H22FNO3/c1-10(2)13-8-14(18(23)9-17(13)22)12-5-6-16(20)15(7-12)19(24)21-11(3)4/h5-11,22-23H,1-4H3,(H,21,24). The molecule has 3 N–H and O–H groups in total. The van der Waals surface area contributed by atoms with E-state index in [0.717, 1.165) is 0 Å². The van der Waals surface area contributed by atoms with E-state index in [9.17, 15) is 19.4 Å². The lowest BCUT2D eigenvalue weighted by Crippen LogP contribution is -2.30. The molecule has 0 spiro atoms. The zero-order valence-electron chi connectivity index (χ0n) is 14.2. The maximum absolute atomic E-state index is 14.0. The second-order valence-electron chi connectivity index (χ2n) is 6.41. The fourth-order valence-electron chi connectivity index (χ4n) is 2.49. The highest BCUT2D eigenvalue weighted by Crippen LogP contribution is 2.38. The summed E-state index contributed by atoms with van der Waals surface area (Å²) in [5.41, 5.74) is 1.53. The molecule has 0 heterocycles. The molecule has 0 unspecified atom stereocenters. The van der Waals surface area contributed by atoms with E-state index in [4.69, 9.17) is 0 Å². The number of nitrogens with one attached hydrogen (secondary N) is 1. The minimum absolute atomic E-state index is 0.00568. The van der Waals surface area contributed by atoms with Crippen molar-refractivity contribution in [3.05, 3.63) is 47.3 Å². The SMILES string of the molecule is CC(C)NC(=O)c1cc(-c2cc(C(C)C)c(O)cc2O)ccc1F. The Bertz CT molecular complexity index is 769. The molecule has 128 valence electrons. The van der Waals surface area contributed by atoms with E-state index in [-0.39, 0.29) is 29.0 Å². The number of hydrogen-bond acceptors (Lipinski definition) is 3. The van der Waals surface area contributed by atoms with Gasteiger partial charge in [-0.1, -0.05) is 19.9 Å². The first-order chi connectivity index (χ1) is 11.2. The van der Waals surface area contributed by atoms with Gasteiger partial charge in [-0.05, 0) is 49.1 Å². The van der Waals surface area contributed by atoms with Crippen LogP contribution in [0.5, 0.6) is 11.5 Å². The molecule has 2 aromatic rings. The Kier molecular flexibility index (Phi) is 5.12. The molecule has 0 radical (unpaired) electrons. The van der Waals surface area contributed by atoms with Crippen LogP contribution in [0, 0.1) is 5.82 Å². The smallest absolute Gasteiger partial charge is 0.254 e. The van der Waals surface area contributed by atoms with Gasteiger partial charge in [-0.2, -0.15) is 0 Å². The zero-order chi connectivity index (χ0) is 18.0. The van der Waals surface area contributed by atoms with Crippen LogP contribution in [0.4, 0.5) is 4.39 Å². The van der Waals surface area contributed by atoms with Crippen LogP contribution in [-0.4, -0.2) is 22.2 Å². The number of carbonyl (C=O) groups excluding carboxylic acids is 1. The predicted molar refractivity (Wildman–Crippen MR) is 91.9 cm³/mol. The molecule has 1 amide bonds. The summed E-state index contributed by atoms with van der Waals surface area (Å²) in [4.78, 5) is 12.1. The van der Waals surface area contributed by atoms with Crippen molar-refractivity contribution >= 4 is 5.91 Å². The Morgan fingerprint density at radius 2 is 1.71 bits per heavy atom. The molecule has 0 aromatic heterocycles. The first-order valence-corrected chi connectivity index (χ1v) is 7.87. The highest BCUT2D eigenvalue weighted by molar-refractivity contribution is 5.96. The van der Waals surface area contributed by atoms with Gasteiger partial charge < -0.3 is 15.5 Å². The fraction of sp³-hybridized carbons (Fsp3) is 0.316. The van der Waals surface area contributed by atoms with Gasteiger partial charge in [-0.3, -0.25) is 4.79 Å². The van der Waals surface area contributed by atoms with Crippen LogP contribution >= 0.6 is 0 Å². The molecule has 0 bridgehead atoms. The summed E-state index contributed by atoms with van der Waals surface area (Å²) >= 11 is 0. The molecule has 0 atom stereocenters. The molecule has 0 saturated heterocycles. The number of halogens is 1. The number of phenolic OH excluding ortho intramolecular Hbond substituents is 2. The van der Waals surface area contributed by atoms with Crippen LogP contribution in [0.15, 0.2) is 30.3 Å². The van der Waals surface area contributed by atoms with Gasteiger partial charge in [0.05, 0.1) is 5.56 Å². The number of carbonyl (C=O) groups is 1. The van der Waals surface area contributed by atoms with Crippen LogP contribution < -0.4 is 5.32 Å². The number of rotatable bonds is 4. The van der Waals surface area contributed by atoms with Gasteiger partial charge in [-0.25, -0.2) is 4.39 Å². The van der Waals surface area contributed by atoms with Crippen molar-refractivity contribution in [2.45, 2.75) is 39.7 Å². The van der Waals surface area contributed by atoms with Crippen LogP contribution in [0.3, 0.4) is 0 Å². The minimum atomic E-state index is -0.626. The van der Waals surface area contributed by atoms with Crippen molar-refractivity contribution in [2.24, 2.45) is 0 Å². The molecule has 2 rings (SSSR count). The van der Waals surface area contributed by atoms with Crippen LogP contribution in [0.1, 0.15) is 49.5 Å². The molecule has 2 aromatic carbocycles. The van der Waals surface area contributed by atoms with Crippen LogP contribution in [0.25, 0.3) is 11.1 Å². The minimum Gasteiger partial charge on any atom is -0.508 e. The number of benzene rings is 2. The first kappa shape index (κ1) is 17.8. The zero-order valence-corrected chi connectivity index (χ0v) is 14.2. The third-order valence-corrected chi connectivity index (χ3v) is 3.71. The third kappa shape index (κ3) is 3.67. The van der Waals surface area contributed by atoms with Gasteiger partial charge in [-0.15, -0.1) is 0 Å². The number of aromatic hydroxyl groups is 2. The van der Waals surface area contributed by atoms with E-state index >= 15 is 0 Å². The van der Waals surface area contributed by atoms with E-state index in [1.165, 1.54) is 24.3 Å². The Balaban J connectivity index is 2.54. The van der Waals surface area contributed by atoms with Gasteiger partial charge in [0.2, 0.25) is 0 Å². The molecule has 5 heteroatoms. The number of phenols is 2. The lowest BCUT2D eigenvalue weighted by molar-refractivity contribution is 0.0939. The van der Waals surface area contributed by atoms with Gasteiger partial charge in [0.25, 0.3) is 5.91 Å². The Morgan fingerprint density at radius 3 is 2.29 bits per heavy atom.